The Kier molecular flexibility index (Phi) is 6.64. The molecule has 0 bridgehead atoms. The molecule has 4 aromatic rings. The molecule has 0 radical (unpaired) electrons. The lowest BCUT2D eigenvalue weighted by Crippen LogP contribution is -2.15. The minimum Gasteiger partial charge on any atom is -0.470 e. The Bertz CT molecular complexity index is 1250. The van der Waals surface area contributed by atoms with Crippen molar-refractivity contribution in [3.8, 4) is 5.75 Å². The molecule has 0 spiro atoms. The minimum atomic E-state index is -0.516. The molecular formula is C21H15Cl3FN5O2. The van der Waals surface area contributed by atoms with Crippen molar-refractivity contribution in [2.24, 2.45) is 0 Å². The number of amides is 1. The molecule has 2 aromatic carbocycles. The molecule has 1 amide bonds. The number of aromatic nitrogens is 4. The SMILES string of the molecule is O=C(Nc1nn(Cc2c(F)cccc2Cl)cc1Cl)c1ccn(COc2ccccc2Cl)n1. The number of carbonyl (C=O) groups is 1. The van der Waals surface area contributed by atoms with Crippen molar-refractivity contribution in [1.29, 1.82) is 0 Å². The number of carbonyl (C=O) groups excluding carboxylic acids is 1. The second-order valence-corrected chi connectivity index (χ2v) is 7.84. The third-order valence-corrected chi connectivity index (χ3v) is 5.34. The van der Waals surface area contributed by atoms with Gasteiger partial charge in [-0.3, -0.25) is 9.48 Å². The summed E-state index contributed by atoms with van der Waals surface area (Å²) in [5.41, 5.74) is 0.402. The zero-order valence-corrected chi connectivity index (χ0v) is 18.6. The van der Waals surface area contributed by atoms with Crippen LogP contribution in [-0.2, 0) is 13.3 Å². The molecule has 0 aliphatic heterocycles. The van der Waals surface area contributed by atoms with Crippen LogP contribution in [0.15, 0.2) is 60.9 Å². The molecule has 164 valence electrons. The van der Waals surface area contributed by atoms with Gasteiger partial charge in [0.2, 0.25) is 0 Å². The molecule has 2 aromatic heterocycles. The predicted octanol–water partition coefficient (Wildman–Crippen LogP) is 5.52. The molecule has 0 saturated carbocycles. The van der Waals surface area contributed by atoms with Gasteiger partial charge in [-0.25, -0.2) is 9.07 Å². The van der Waals surface area contributed by atoms with Crippen LogP contribution in [0.1, 0.15) is 16.1 Å². The van der Waals surface area contributed by atoms with E-state index in [0.29, 0.717) is 10.8 Å². The molecule has 0 unspecified atom stereocenters. The summed E-state index contributed by atoms with van der Waals surface area (Å²) < 4.78 is 22.4. The van der Waals surface area contributed by atoms with Crippen LogP contribution in [0.2, 0.25) is 15.1 Å². The highest BCUT2D eigenvalue weighted by molar-refractivity contribution is 6.33. The van der Waals surface area contributed by atoms with E-state index in [9.17, 15) is 9.18 Å². The summed E-state index contributed by atoms with van der Waals surface area (Å²) in [5, 5.41) is 11.9. The molecule has 11 heteroatoms. The summed E-state index contributed by atoms with van der Waals surface area (Å²) in [6.07, 6.45) is 3.06. The fraction of sp³-hybridized carbons (Fsp3) is 0.0952. The Morgan fingerprint density at radius 2 is 1.75 bits per heavy atom. The first-order valence-corrected chi connectivity index (χ1v) is 10.4. The van der Waals surface area contributed by atoms with Crippen LogP contribution < -0.4 is 10.1 Å². The number of nitrogens with zero attached hydrogens (tertiary/aromatic N) is 4. The van der Waals surface area contributed by atoms with Crippen molar-refractivity contribution in [2.45, 2.75) is 13.3 Å². The maximum Gasteiger partial charge on any atom is 0.277 e. The van der Waals surface area contributed by atoms with Gasteiger partial charge in [0.15, 0.2) is 18.2 Å². The van der Waals surface area contributed by atoms with E-state index < -0.39 is 11.7 Å². The Balaban J connectivity index is 1.41. The minimum absolute atomic E-state index is 0.0507. The molecule has 4 rings (SSSR count). The quantitative estimate of drug-likeness (QED) is 0.367. The maximum absolute atomic E-state index is 14.0. The van der Waals surface area contributed by atoms with Gasteiger partial charge in [0.05, 0.1) is 11.6 Å². The molecule has 7 nitrogen and oxygen atoms in total. The zero-order chi connectivity index (χ0) is 22.7. The van der Waals surface area contributed by atoms with Gasteiger partial charge in [0, 0.05) is 23.0 Å². The van der Waals surface area contributed by atoms with E-state index in [1.54, 1.807) is 36.5 Å². The third-order valence-electron chi connectivity index (χ3n) is 4.39. The second kappa shape index (κ2) is 9.60. The van der Waals surface area contributed by atoms with Crippen molar-refractivity contribution in [3.63, 3.8) is 0 Å². The number of rotatable bonds is 7. The zero-order valence-electron chi connectivity index (χ0n) is 16.3. The van der Waals surface area contributed by atoms with E-state index in [-0.39, 0.29) is 40.4 Å². The molecule has 1 N–H and O–H groups in total. The van der Waals surface area contributed by atoms with Crippen molar-refractivity contribution in [3.05, 3.63) is 93.1 Å². The summed E-state index contributed by atoms with van der Waals surface area (Å²) >= 11 is 18.3. The van der Waals surface area contributed by atoms with Crippen LogP contribution in [0.4, 0.5) is 10.2 Å². The highest BCUT2D eigenvalue weighted by atomic mass is 35.5. The topological polar surface area (TPSA) is 74.0 Å². The number of benzene rings is 2. The van der Waals surface area contributed by atoms with E-state index in [1.165, 1.54) is 33.8 Å². The van der Waals surface area contributed by atoms with Gasteiger partial charge in [0.25, 0.3) is 5.91 Å². The Hall–Kier alpha value is -3.07. The fourth-order valence-corrected chi connectivity index (χ4v) is 3.44. The van der Waals surface area contributed by atoms with Crippen LogP contribution in [0.25, 0.3) is 0 Å². The largest absolute Gasteiger partial charge is 0.470 e. The molecule has 0 aliphatic rings. The third kappa shape index (κ3) is 5.04. The number of halogens is 4. The van der Waals surface area contributed by atoms with Crippen LogP contribution in [0.5, 0.6) is 5.75 Å². The number of nitrogens with one attached hydrogen (secondary N) is 1. The lowest BCUT2D eigenvalue weighted by Gasteiger charge is -2.07. The number of anilines is 1. The van der Waals surface area contributed by atoms with Crippen LogP contribution in [-0.4, -0.2) is 25.5 Å². The summed E-state index contributed by atoms with van der Waals surface area (Å²) in [4.78, 5) is 12.5. The normalized spacial score (nSPS) is 10.9. The van der Waals surface area contributed by atoms with Crippen LogP contribution in [0.3, 0.4) is 0 Å². The van der Waals surface area contributed by atoms with Gasteiger partial charge in [-0.15, -0.1) is 0 Å². The number of hydrogen-bond acceptors (Lipinski definition) is 4. The summed E-state index contributed by atoms with van der Waals surface area (Å²) in [7, 11) is 0. The lowest BCUT2D eigenvalue weighted by molar-refractivity contribution is 0.101. The highest BCUT2D eigenvalue weighted by Crippen LogP contribution is 2.25. The van der Waals surface area contributed by atoms with Crippen molar-refractivity contribution >= 4 is 46.5 Å². The Morgan fingerprint density at radius 3 is 2.53 bits per heavy atom. The first kappa shape index (κ1) is 22.1. The van der Waals surface area contributed by atoms with Gasteiger partial charge >= 0.3 is 0 Å². The van der Waals surface area contributed by atoms with Crippen LogP contribution in [0, 0.1) is 5.82 Å². The summed E-state index contributed by atoms with van der Waals surface area (Å²) in [6.45, 7) is 0.116. The van der Waals surface area contributed by atoms with E-state index in [1.807, 2.05) is 0 Å². The van der Waals surface area contributed by atoms with Crippen molar-refractivity contribution < 1.29 is 13.9 Å². The lowest BCUT2D eigenvalue weighted by atomic mass is 10.2. The maximum atomic E-state index is 14.0. The fourth-order valence-electron chi connectivity index (χ4n) is 2.83. The van der Waals surface area contributed by atoms with E-state index in [4.69, 9.17) is 39.5 Å². The molecule has 0 fully saturated rings. The van der Waals surface area contributed by atoms with E-state index >= 15 is 0 Å². The molecule has 0 saturated heterocycles. The molecule has 0 atom stereocenters. The van der Waals surface area contributed by atoms with Gasteiger partial charge in [-0.05, 0) is 30.3 Å². The monoisotopic (exact) mass is 493 g/mol. The second-order valence-electron chi connectivity index (χ2n) is 6.62. The van der Waals surface area contributed by atoms with Gasteiger partial charge in [-0.2, -0.15) is 10.2 Å². The van der Waals surface area contributed by atoms with E-state index in [0.717, 1.165) is 0 Å². The van der Waals surface area contributed by atoms with Gasteiger partial charge < -0.3 is 10.1 Å². The standard InChI is InChI=1S/C21H15Cl3FN5O2/c22-14-5-3-6-17(25)13(14)10-30-11-16(24)20(28-30)26-21(31)18-8-9-29(27-18)12-32-19-7-2-1-4-15(19)23/h1-9,11H,10,12H2,(H,26,28,31). The Labute approximate surface area is 197 Å². The molecule has 0 aliphatic carbocycles. The predicted molar refractivity (Wildman–Crippen MR) is 120 cm³/mol. The van der Waals surface area contributed by atoms with E-state index in [2.05, 4.69) is 15.5 Å². The number of hydrogen-bond donors (Lipinski definition) is 1. The molecular weight excluding hydrogens is 480 g/mol. The average Bonchev–Trinajstić information content (AvgIpc) is 3.37. The molecule has 2 heterocycles. The van der Waals surface area contributed by atoms with Crippen LogP contribution >= 0.6 is 34.8 Å². The molecule has 32 heavy (non-hydrogen) atoms. The summed E-state index contributed by atoms with van der Waals surface area (Å²) in [6, 6.07) is 13.0. The first-order chi connectivity index (χ1) is 15.4. The average molecular weight is 495 g/mol. The Morgan fingerprint density at radius 1 is 0.969 bits per heavy atom. The first-order valence-electron chi connectivity index (χ1n) is 9.28. The van der Waals surface area contributed by atoms with Gasteiger partial charge in [-0.1, -0.05) is 53.0 Å². The summed E-state index contributed by atoms with van der Waals surface area (Å²) in [5.74, 6) is -0.356. The van der Waals surface area contributed by atoms with Crippen molar-refractivity contribution in [1.82, 2.24) is 19.6 Å². The number of para-hydroxylation sites is 1. The highest BCUT2D eigenvalue weighted by Gasteiger charge is 2.16. The van der Waals surface area contributed by atoms with Crippen molar-refractivity contribution in [2.75, 3.05) is 5.32 Å². The smallest absolute Gasteiger partial charge is 0.277 e. The van der Waals surface area contributed by atoms with Gasteiger partial charge in [0.1, 0.15) is 16.6 Å². The number of ether oxygens (including phenoxy) is 1.